The molecule has 0 spiro atoms. The highest BCUT2D eigenvalue weighted by atomic mass is 16.5. The largest absolute Gasteiger partial charge is 0.497 e. The lowest BCUT2D eigenvalue weighted by Gasteiger charge is -2.19. The molecular weight excluding hydrogens is 344 g/mol. The number of hydrogen-bond acceptors (Lipinski definition) is 5. The topological polar surface area (TPSA) is 68.8 Å². The Bertz CT molecular complexity index is 805. The molecule has 0 unspecified atom stereocenters. The normalized spacial score (nSPS) is 16.1. The highest BCUT2D eigenvalue weighted by molar-refractivity contribution is 5.96. The fraction of sp³-hybridized carbons (Fsp3) is 0.381. The zero-order valence-electron chi connectivity index (χ0n) is 16.2. The lowest BCUT2D eigenvalue weighted by Crippen LogP contribution is -2.32. The molecule has 0 fully saturated rings. The van der Waals surface area contributed by atoms with E-state index in [1.807, 2.05) is 32.9 Å². The van der Waals surface area contributed by atoms with Crippen molar-refractivity contribution in [3.05, 3.63) is 42.0 Å². The van der Waals surface area contributed by atoms with Crippen LogP contribution in [0.15, 0.2) is 36.4 Å². The molecule has 6 nitrogen and oxygen atoms in total. The van der Waals surface area contributed by atoms with E-state index in [9.17, 15) is 4.79 Å². The molecule has 0 aliphatic carbocycles. The number of amides is 1. The maximum atomic E-state index is 12.5. The third-order valence-electron chi connectivity index (χ3n) is 4.42. The van der Waals surface area contributed by atoms with Crippen molar-refractivity contribution >= 4 is 17.3 Å². The first kappa shape index (κ1) is 18.9. The van der Waals surface area contributed by atoms with Crippen LogP contribution in [0.2, 0.25) is 0 Å². The number of ether oxygens (including phenoxy) is 3. The van der Waals surface area contributed by atoms with Crippen LogP contribution in [0.3, 0.4) is 0 Å². The number of rotatable bonds is 7. The van der Waals surface area contributed by atoms with E-state index in [2.05, 4.69) is 10.6 Å². The maximum absolute atomic E-state index is 12.5. The van der Waals surface area contributed by atoms with Gasteiger partial charge in [-0.1, -0.05) is 0 Å². The minimum Gasteiger partial charge on any atom is -0.497 e. The van der Waals surface area contributed by atoms with E-state index in [-0.39, 0.29) is 12.0 Å². The molecule has 1 aliphatic heterocycles. The van der Waals surface area contributed by atoms with E-state index >= 15 is 0 Å². The molecule has 1 amide bonds. The Morgan fingerprint density at radius 2 is 2.04 bits per heavy atom. The minimum atomic E-state index is -0.455. The molecule has 0 saturated heterocycles. The minimum absolute atomic E-state index is 0.141. The van der Waals surface area contributed by atoms with Gasteiger partial charge in [-0.25, -0.2) is 0 Å². The van der Waals surface area contributed by atoms with E-state index in [1.54, 1.807) is 31.4 Å². The highest BCUT2D eigenvalue weighted by Crippen LogP contribution is 2.38. The zero-order valence-corrected chi connectivity index (χ0v) is 16.2. The van der Waals surface area contributed by atoms with Crippen LogP contribution >= 0.6 is 0 Å². The zero-order chi connectivity index (χ0) is 19.4. The molecule has 1 heterocycles. The Balaban J connectivity index is 1.71. The number of fused-ring (bicyclic) bond motifs is 1. The van der Waals surface area contributed by atoms with E-state index in [4.69, 9.17) is 14.2 Å². The van der Waals surface area contributed by atoms with Gasteiger partial charge in [0, 0.05) is 23.7 Å². The van der Waals surface area contributed by atoms with Crippen LogP contribution in [-0.4, -0.2) is 31.8 Å². The summed E-state index contributed by atoms with van der Waals surface area (Å²) < 4.78 is 16.7. The second-order valence-electron chi connectivity index (χ2n) is 6.61. The fourth-order valence-corrected chi connectivity index (χ4v) is 3.05. The van der Waals surface area contributed by atoms with Crippen LogP contribution in [0.1, 0.15) is 26.3 Å². The SMILES string of the molecule is CCOc1cc2c(cc1N[C@H](C)C(=O)Nc1ccc(OC)cc1)O[C@@H](C)C2. The van der Waals surface area contributed by atoms with Crippen molar-refractivity contribution in [2.45, 2.75) is 39.3 Å². The van der Waals surface area contributed by atoms with Crippen molar-refractivity contribution in [1.82, 2.24) is 0 Å². The lowest BCUT2D eigenvalue weighted by molar-refractivity contribution is -0.116. The number of carbonyl (C=O) groups excluding carboxylic acids is 1. The third-order valence-corrected chi connectivity index (χ3v) is 4.42. The molecule has 2 aromatic rings. The fourth-order valence-electron chi connectivity index (χ4n) is 3.05. The van der Waals surface area contributed by atoms with Gasteiger partial charge in [-0.2, -0.15) is 0 Å². The summed E-state index contributed by atoms with van der Waals surface area (Å²) in [5.41, 5.74) is 2.60. The van der Waals surface area contributed by atoms with Gasteiger partial charge in [0.2, 0.25) is 5.91 Å². The van der Waals surface area contributed by atoms with Gasteiger partial charge in [0.05, 0.1) is 19.4 Å². The average molecular weight is 370 g/mol. The predicted molar refractivity (Wildman–Crippen MR) is 106 cm³/mol. The first-order chi connectivity index (χ1) is 13.0. The average Bonchev–Trinajstić information content (AvgIpc) is 3.01. The van der Waals surface area contributed by atoms with E-state index < -0.39 is 6.04 Å². The van der Waals surface area contributed by atoms with Crippen LogP contribution in [-0.2, 0) is 11.2 Å². The Kier molecular flexibility index (Phi) is 5.74. The van der Waals surface area contributed by atoms with Crippen molar-refractivity contribution in [1.29, 1.82) is 0 Å². The summed E-state index contributed by atoms with van der Waals surface area (Å²) in [7, 11) is 1.61. The van der Waals surface area contributed by atoms with Crippen LogP contribution in [0.4, 0.5) is 11.4 Å². The lowest BCUT2D eigenvalue weighted by atomic mass is 10.1. The van der Waals surface area contributed by atoms with Crippen molar-refractivity contribution in [2.75, 3.05) is 24.4 Å². The molecule has 0 radical (unpaired) electrons. The number of hydrogen-bond donors (Lipinski definition) is 2. The van der Waals surface area contributed by atoms with E-state index in [0.29, 0.717) is 12.3 Å². The maximum Gasteiger partial charge on any atom is 0.246 e. The summed E-state index contributed by atoms with van der Waals surface area (Å²) in [4.78, 5) is 12.5. The van der Waals surface area contributed by atoms with Gasteiger partial charge >= 0.3 is 0 Å². The number of benzene rings is 2. The Hall–Kier alpha value is -2.89. The molecule has 0 bridgehead atoms. The Labute approximate surface area is 159 Å². The number of carbonyl (C=O) groups is 1. The second-order valence-corrected chi connectivity index (χ2v) is 6.61. The molecule has 2 N–H and O–H groups in total. The molecule has 144 valence electrons. The van der Waals surface area contributed by atoms with E-state index in [1.165, 1.54) is 0 Å². The first-order valence-electron chi connectivity index (χ1n) is 9.18. The Morgan fingerprint density at radius 1 is 1.30 bits per heavy atom. The number of methoxy groups -OCH3 is 1. The predicted octanol–water partition coefficient (Wildman–Crippen LogP) is 3.86. The molecule has 2 atom stereocenters. The summed E-state index contributed by atoms with van der Waals surface area (Å²) in [5, 5.41) is 6.14. The molecular formula is C21H26N2O4. The van der Waals surface area contributed by atoms with Gasteiger partial charge in [-0.3, -0.25) is 4.79 Å². The van der Waals surface area contributed by atoms with Gasteiger partial charge < -0.3 is 24.8 Å². The summed E-state index contributed by atoms with van der Waals surface area (Å²) in [6.07, 6.45) is 1.02. The van der Waals surface area contributed by atoms with Gasteiger partial charge in [-0.15, -0.1) is 0 Å². The Morgan fingerprint density at radius 3 is 2.70 bits per heavy atom. The highest BCUT2D eigenvalue weighted by Gasteiger charge is 2.23. The van der Waals surface area contributed by atoms with Crippen LogP contribution in [0, 0.1) is 0 Å². The summed E-state index contributed by atoms with van der Waals surface area (Å²) in [5.74, 6) is 2.18. The third kappa shape index (κ3) is 4.45. The van der Waals surface area contributed by atoms with Crippen molar-refractivity contribution in [3.63, 3.8) is 0 Å². The quantitative estimate of drug-likeness (QED) is 0.775. The molecule has 3 rings (SSSR count). The summed E-state index contributed by atoms with van der Waals surface area (Å²) in [6, 6.07) is 10.7. The second kappa shape index (κ2) is 8.20. The van der Waals surface area contributed by atoms with Gasteiger partial charge in [0.15, 0.2) is 0 Å². The van der Waals surface area contributed by atoms with Gasteiger partial charge in [-0.05, 0) is 51.1 Å². The summed E-state index contributed by atoms with van der Waals surface area (Å²) in [6.45, 7) is 6.34. The smallest absolute Gasteiger partial charge is 0.246 e. The van der Waals surface area contributed by atoms with Gasteiger partial charge in [0.25, 0.3) is 0 Å². The van der Waals surface area contributed by atoms with Crippen molar-refractivity contribution in [2.24, 2.45) is 0 Å². The molecule has 2 aromatic carbocycles. The molecule has 0 saturated carbocycles. The molecule has 27 heavy (non-hydrogen) atoms. The van der Waals surface area contributed by atoms with Crippen LogP contribution < -0.4 is 24.8 Å². The molecule has 6 heteroatoms. The van der Waals surface area contributed by atoms with Crippen molar-refractivity contribution in [3.8, 4) is 17.2 Å². The number of anilines is 2. The summed E-state index contributed by atoms with van der Waals surface area (Å²) >= 11 is 0. The number of nitrogens with one attached hydrogen (secondary N) is 2. The molecule has 1 aliphatic rings. The first-order valence-corrected chi connectivity index (χ1v) is 9.18. The van der Waals surface area contributed by atoms with Gasteiger partial charge in [0.1, 0.15) is 29.4 Å². The van der Waals surface area contributed by atoms with Crippen LogP contribution in [0.5, 0.6) is 17.2 Å². The molecule has 0 aromatic heterocycles. The standard InChI is InChI=1S/C21H26N2O4/c1-5-26-20-11-15-10-13(2)27-19(15)12-18(20)22-14(3)21(24)23-16-6-8-17(25-4)9-7-16/h6-9,11-14,22H,5,10H2,1-4H3,(H,23,24)/t13-,14+/m0/s1. The van der Waals surface area contributed by atoms with Crippen LogP contribution in [0.25, 0.3) is 0 Å². The van der Waals surface area contributed by atoms with Crippen molar-refractivity contribution < 1.29 is 19.0 Å². The monoisotopic (exact) mass is 370 g/mol. The van der Waals surface area contributed by atoms with E-state index in [0.717, 1.165) is 34.9 Å².